The number of nitrogens with one attached hydrogen (secondary N) is 2. The molecule has 3 aromatic rings. The molecule has 0 aromatic heterocycles. The molecule has 29 heavy (non-hydrogen) atoms. The van der Waals surface area contributed by atoms with Crippen LogP contribution in [0.1, 0.15) is 29.5 Å². The first-order valence-corrected chi connectivity index (χ1v) is 11.5. The SMILES string of the molecule is Cc1ccc(S(=O)(=O)NC(c2ccccc2)(c2ccccc2)[C@@H]2CCCN2)cc1. The van der Waals surface area contributed by atoms with Crippen LogP contribution in [-0.4, -0.2) is 21.0 Å². The van der Waals surface area contributed by atoms with Gasteiger partial charge in [-0.25, -0.2) is 8.42 Å². The van der Waals surface area contributed by atoms with Crippen LogP contribution in [0.2, 0.25) is 0 Å². The fourth-order valence-corrected chi connectivity index (χ4v) is 5.62. The average Bonchev–Trinajstić information content (AvgIpc) is 3.29. The van der Waals surface area contributed by atoms with Crippen LogP contribution in [0.4, 0.5) is 0 Å². The van der Waals surface area contributed by atoms with Gasteiger partial charge in [-0.15, -0.1) is 0 Å². The van der Waals surface area contributed by atoms with Gasteiger partial charge in [0.25, 0.3) is 0 Å². The van der Waals surface area contributed by atoms with Gasteiger partial charge in [0.1, 0.15) is 0 Å². The fraction of sp³-hybridized carbons (Fsp3) is 0.250. The monoisotopic (exact) mass is 406 g/mol. The molecule has 1 heterocycles. The minimum Gasteiger partial charge on any atom is -0.311 e. The molecule has 4 nitrogen and oxygen atoms in total. The molecule has 4 rings (SSSR count). The molecular formula is C24H26N2O2S. The summed E-state index contributed by atoms with van der Waals surface area (Å²) in [5.41, 5.74) is 1.99. The van der Waals surface area contributed by atoms with E-state index in [1.807, 2.05) is 79.7 Å². The normalized spacial score (nSPS) is 17.3. The van der Waals surface area contributed by atoms with Gasteiger partial charge in [0.15, 0.2) is 0 Å². The quantitative estimate of drug-likeness (QED) is 0.651. The first-order valence-electron chi connectivity index (χ1n) is 9.97. The largest absolute Gasteiger partial charge is 0.311 e. The summed E-state index contributed by atoms with van der Waals surface area (Å²) in [6.07, 6.45) is 1.90. The molecule has 0 aliphatic carbocycles. The maximum atomic E-state index is 13.5. The summed E-state index contributed by atoms with van der Waals surface area (Å²) >= 11 is 0. The third-order valence-corrected chi connectivity index (χ3v) is 7.15. The zero-order valence-electron chi connectivity index (χ0n) is 16.5. The molecule has 3 aromatic carbocycles. The molecule has 1 fully saturated rings. The molecule has 1 aliphatic heterocycles. The van der Waals surface area contributed by atoms with Gasteiger partial charge >= 0.3 is 0 Å². The Kier molecular flexibility index (Phi) is 5.54. The van der Waals surface area contributed by atoms with E-state index in [0.29, 0.717) is 0 Å². The van der Waals surface area contributed by atoms with Crippen molar-refractivity contribution >= 4 is 10.0 Å². The summed E-state index contributed by atoms with van der Waals surface area (Å²) in [5, 5.41) is 3.55. The Bertz CT molecular complexity index is 1000. The van der Waals surface area contributed by atoms with Crippen molar-refractivity contribution in [2.75, 3.05) is 6.54 Å². The average molecular weight is 407 g/mol. The van der Waals surface area contributed by atoms with E-state index in [0.717, 1.165) is 36.1 Å². The summed E-state index contributed by atoms with van der Waals surface area (Å²) in [6.45, 7) is 2.82. The molecule has 5 heteroatoms. The van der Waals surface area contributed by atoms with Crippen LogP contribution in [0.5, 0.6) is 0 Å². The Hall–Kier alpha value is -2.47. The number of sulfonamides is 1. The lowest BCUT2D eigenvalue weighted by Crippen LogP contribution is -2.57. The summed E-state index contributed by atoms with van der Waals surface area (Å²) in [4.78, 5) is 0.275. The van der Waals surface area contributed by atoms with Gasteiger partial charge < -0.3 is 5.32 Å². The van der Waals surface area contributed by atoms with Crippen molar-refractivity contribution in [3.05, 3.63) is 102 Å². The van der Waals surface area contributed by atoms with Gasteiger partial charge in [0.2, 0.25) is 10.0 Å². The molecule has 0 amide bonds. The zero-order chi connectivity index (χ0) is 20.3. The molecule has 150 valence electrons. The van der Waals surface area contributed by atoms with Crippen LogP contribution >= 0.6 is 0 Å². The molecule has 0 spiro atoms. The van der Waals surface area contributed by atoms with Crippen LogP contribution in [-0.2, 0) is 15.6 Å². The minimum atomic E-state index is -3.76. The van der Waals surface area contributed by atoms with E-state index in [-0.39, 0.29) is 10.9 Å². The molecule has 1 atom stereocenters. The van der Waals surface area contributed by atoms with Crippen LogP contribution in [0, 0.1) is 6.92 Å². The Labute approximate surface area is 173 Å². The van der Waals surface area contributed by atoms with Crippen molar-refractivity contribution in [2.45, 2.75) is 36.2 Å². The minimum absolute atomic E-state index is 0.0486. The summed E-state index contributed by atoms with van der Waals surface area (Å²) < 4.78 is 30.2. The lowest BCUT2D eigenvalue weighted by molar-refractivity contribution is 0.351. The topological polar surface area (TPSA) is 58.2 Å². The van der Waals surface area contributed by atoms with E-state index in [1.54, 1.807) is 12.1 Å². The highest BCUT2D eigenvalue weighted by molar-refractivity contribution is 7.89. The number of hydrogen-bond donors (Lipinski definition) is 2. The summed E-state index contributed by atoms with van der Waals surface area (Å²) in [5.74, 6) is 0. The predicted octanol–water partition coefficient (Wildman–Crippen LogP) is 3.97. The van der Waals surface area contributed by atoms with Crippen molar-refractivity contribution < 1.29 is 8.42 Å². The number of rotatable bonds is 6. The molecule has 1 saturated heterocycles. The molecule has 2 N–H and O–H groups in total. The molecule has 0 unspecified atom stereocenters. The Balaban J connectivity index is 1.91. The second-order valence-electron chi connectivity index (χ2n) is 7.61. The Morgan fingerprint density at radius 1 is 0.862 bits per heavy atom. The highest BCUT2D eigenvalue weighted by atomic mass is 32.2. The van der Waals surface area contributed by atoms with Gasteiger partial charge in [0.05, 0.1) is 10.4 Å². The third kappa shape index (κ3) is 3.86. The molecule has 0 saturated carbocycles. The number of hydrogen-bond acceptors (Lipinski definition) is 3. The zero-order valence-corrected chi connectivity index (χ0v) is 17.3. The van der Waals surface area contributed by atoms with Crippen molar-refractivity contribution in [2.24, 2.45) is 0 Å². The van der Waals surface area contributed by atoms with Crippen LogP contribution in [0.15, 0.2) is 89.8 Å². The van der Waals surface area contributed by atoms with Crippen molar-refractivity contribution in [3.8, 4) is 0 Å². The van der Waals surface area contributed by atoms with Crippen LogP contribution in [0.25, 0.3) is 0 Å². The maximum absolute atomic E-state index is 13.5. The standard InChI is InChI=1S/C24H26N2O2S/c1-19-14-16-22(17-15-19)29(27,28)26-24(23-13-8-18-25-23,20-9-4-2-5-10-20)21-11-6-3-7-12-21/h2-7,9-12,14-17,23,25-26H,8,13,18H2,1H3/t23-/m0/s1. The van der Waals surface area contributed by atoms with Gasteiger partial charge in [-0.2, -0.15) is 4.72 Å². The van der Waals surface area contributed by atoms with E-state index in [1.165, 1.54) is 0 Å². The van der Waals surface area contributed by atoms with Crippen molar-refractivity contribution in [1.82, 2.24) is 10.0 Å². The van der Waals surface area contributed by atoms with Gasteiger partial charge in [-0.1, -0.05) is 78.4 Å². The lowest BCUT2D eigenvalue weighted by atomic mass is 9.77. The van der Waals surface area contributed by atoms with E-state index >= 15 is 0 Å². The highest BCUT2D eigenvalue weighted by Crippen LogP contribution is 2.38. The number of aryl methyl sites for hydroxylation is 1. The molecular weight excluding hydrogens is 380 g/mol. The molecule has 0 bridgehead atoms. The van der Waals surface area contributed by atoms with Gasteiger partial charge in [-0.3, -0.25) is 0 Å². The summed E-state index contributed by atoms with van der Waals surface area (Å²) in [7, 11) is -3.76. The fourth-order valence-electron chi connectivity index (χ4n) is 4.20. The smallest absolute Gasteiger partial charge is 0.241 e. The van der Waals surface area contributed by atoms with Crippen molar-refractivity contribution in [1.29, 1.82) is 0 Å². The van der Waals surface area contributed by atoms with E-state index in [4.69, 9.17) is 0 Å². The first kappa shape index (κ1) is 19.8. The van der Waals surface area contributed by atoms with Crippen LogP contribution in [0.3, 0.4) is 0 Å². The number of benzene rings is 3. The summed E-state index contributed by atoms with van der Waals surface area (Å²) in [6, 6.07) is 26.7. The first-order chi connectivity index (χ1) is 14.0. The van der Waals surface area contributed by atoms with Gasteiger partial charge in [-0.05, 0) is 49.6 Å². The van der Waals surface area contributed by atoms with E-state index in [9.17, 15) is 8.42 Å². The van der Waals surface area contributed by atoms with E-state index in [2.05, 4.69) is 10.0 Å². The lowest BCUT2D eigenvalue weighted by Gasteiger charge is -2.41. The van der Waals surface area contributed by atoms with E-state index < -0.39 is 15.6 Å². The van der Waals surface area contributed by atoms with Gasteiger partial charge in [0, 0.05) is 6.04 Å². The Morgan fingerprint density at radius 2 is 1.41 bits per heavy atom. The molecule has 0 radical (unpaired) electrons. The van der Waals surface area contributed by atoms with Crippen LogP contribution < -0.4 is 10.0 Å². The highest BCUT2D eigenvalue weighted by Gasteiger charge is 2.46. The third-order valence-electron chi connectivity index (χ3n) is 5.67. The predicted molar refractivity (Wildman–Crippen MR) is 116 cm³/mol. The maximum Gasteiger partial charge on any atom is 0.241 e. The second-order valence-corrected chi connectivity index (χ2v) is 9.29. The molecule has 1 aliphatic rings. The second kappa shape index (κ2) is 8.11. The van der Waals surface area contributed by atoms with Crippen molar-refractivity contribution in [3.63, 3.8) is 0 Å². The Morgan fingerprint density at radius 3 is 1.90 bits per heavy atom.